The Balaban J connectivity index is 1.32. The Kier molecular flexibility index (Phi) is 4.82. The molecule has 1 amide bonds. The molecule has 31 heavy (non-hydrogen) atoms. The summed E-state index contributed by atoms with van der Waals surface area (Å²) < 4.78 is 28.4. The Bertz CT molecular complexity index is 1240. The molecule has 0 bridgehead atoms. The van der Waals surface area contributed by atoms with Gasteiger partial charge in [0.05, 0.1) is 12.5 Å². The minimum absolute atomic E-state index is 0.119. The summed E-state index contributed by atoms with van der Waals surface area (Å²) in [4.78, 5) is 17.0. The third-order valence-electron chi connectivity index (χ3n) is 5.60. The molecule has 0 aliphatic heterocycles. The molecule has 1 N–H and O–H groups in total. The van der Waals surface area contributed by atoms with E-state index in [-0.39, 0.29) is 11.9 Å². The highest BCUT2D eigenvalue weighted by atomic mass is 19.2. The van der Waals surface area contributed by atoms with Crippen molar-refractivity contribution in [3.05, 3.63) is 108 Å². The van der Waals surface area contributed by atoms with Crippen LogP contribution in [0.3, 0.4) is 0 Å². The molecular formula is C25H19F2N3O. The van der Waals surface area contributed by atoms with E-state index in [1.165, 1.54) is 17.7 Å². The van der Waals surface area contributed by atoms with Crippen molar-refractivity contribution in [1.29, 1.82) is 0 Å². The normalized spacial score (nSPS) is 17.4. The number of halogens is 2. The van der Waals surface area contributed by atoms with E-state index in [9.17, 15) is 13.6 Å². The molecule has 1 aliphatic carbocycles. The Morgan fingerprint density at radius 3 is 2.42 bits per heavy atom. The van der Waals surface area contributed by atoms with Crippen molar-refractivity contribution in [2.45, 2.75) is 18.4 Å². The van der Waals surface area contributed by atoms with Crippen molar-refractivity contribution >= 4 is 5.91 Å². The zero-order valence-corrected chi connectivity index (χ0v) is 16.5. The molecular weight excluding hydrogens is 396 g/mol. The number of benzene rings is 3. The van der Waals surface area contributed by atoms with Gasteiger partial charge in [0.25, 0.3) is 5.91 Å². The number of hydrogen-bond donors (Lipinski definition) is 1. The number of aromatic nitrogens is 2. The van der Waals surface area contributed by atoms with Crippen LogP contribution in [0.25, 0.3) is 16.8 Å². The van der Waals surface area contributed by atoms with E-state index >= 15 is 0 Å². The molecule has 6 heteroatoms. The summed E-state index contributed by atoms with van der Waals surface area (Å²) in [6.07, 6.45) is 4.05. The molecule has 0 radical (unpaired) electrons. The Labute approximate surface area is 178 Å². The number of nitrogens with one attached hydrogen (secondary N) is 1. The first-order chi connectivity index (χ1) is 15.1. The first-order valence-electron chi connectivity index (χ1n) is 10.0. The number of rotatable bonds is 5. The molecule has 0 spiro atoms. The van der Waals surface area contributed by atoms with Gasteiger partial charge in [-0.3, -0.25) is 9.36 Å². The van der Waals surface area contributed by atoms with Crippen LogP contribution in [0.1, 0.15) is 28.4 Å². The molecule has 154 valence electrons. The second-order valence-electron chi connectivity index (χ2n) is 7.66. The third kappa shape index (κ3) is 3.84. The van der Waals surface area contributed by atoms with Crippen LogP contribution in [0, 0.1) is 11.6 Å². The van der Waals surface area contributed by atoms with Gasteiger partial charge in [-0.2, -0.15) is 0 Å². The van der Waals surface area contributed by atoms with Gasteiger partial charge < -0.3 is 5.32 Å². The second-order valence-corrected chi connectivity index (χ2v) is 7.66. The van der Waals surface area contributed by atoms with E-state index in [2.05, 4.69) is 22.4 Å². The van der Waals surface area contributed by atoms with E-state index < -0.39 is 11.6 Å². The topological polar surface area (TPSA) is 46.9 Å². The van der Waals surface area contributed by atoms with Crippen molar-refractivity contribution in [1.82, 2.24) is 14.9 Å². The number of hydrogen-bond acceptors (Lipinski definition) is 2. The largest absolute Gasteiger partial charge is 0.347 e. The lowest BCUT2D eigenvalue weighted by atomic mass is 10.1. The van der Waals surface area contributed by atoms with E-state index in [1.54, 1.807) is 29.2 Å². The van der Waals surface area contributed by atoms with E-state index in [0.717, 1.165) is 23.7 Å². The van der Waals surface area contributed by atoms with Gasteiger partial charge in [0.1, 0.15) is 5.69 Å². The van der Waals surface area contributed by atoms with Crippen LogP contribution in [0.5, 0.6) is 0 Å². The molecule has 0 saturated heterocycles. The Morgan fingerprint density at radius 2 is 1.68 bits per heavy atom. The minimum atomic E-state index is -0.885. The van der Waals surface area contributed by atoms with Crippen molar-refractivity contribution in [3.8, 4) is 16.8 Å². The molecule has 1 aromatic heterocycles. The van der Waals surface area contributed by atoms with Crippen LogP contribution in [0.15, 0.2) is 85.3 Å². The molecule has 0 unspecified atom stereocenters. The molecule has 5 rings (SSSR count). The van der Waals surface area contributed by atoms with Crippen LogP contribution in [-0.4, -0.2) is 21.5 Å². The fraction of sp³-hybridized carbons (Fsp3) is 0.120. The molecule has 1 fully saturated rings. The summed E-state index contributed by atoms with van der Waals surface area (Å²) in [5, 5.41) is 3.09. The first-order valence-corrected chi connectivity index (χ1v) is 10.0. The molecule has 1 aliphatic rings. The van der Waals surface area contributed by atoms with Gasteiger partial charge in [-0.15, -0.1) is 0 Å². The SMILES string of the molecule is O=C(N[C@H]1C[C@@H]1c1ccccc1)c1cncn1-c1ccc(-c2ccc(F)c(F)c2)cc1. The lowest BCUT2D eigenvalue weighted by molar-refractivity contribution is 0.0943. The van der Waals surface area contributed by atoms with Crippen LogP contribution in [0.4, 0.5) is 8.78 Å². The fourth-order valence-electron chi connectivity index (χ4n) is 3.82. The number of amides is 1. The predicted octanol–water partition coefficient (Wildman–Crippen LogP) is 5.10. The average molecular weight is 415 g/mol. The Morgan fingerprint density at radius 1 is 0.935 bits per heavy atom. The zero-order chi connectivity index (χ0) is 21.4. The maximum Gasteiger partial charge on any atom is 0.270 e. The fourth-order valence-corrected chi connectivity index (χ4v) is 3.82. The van der Waals surface area contributed by atoms with Crippen LogP contribution in [-0.2, 0) is 0 Å². The third-order valence-corrected chi connectivity index (χ3v) is 5.60. The number of carbonyl (C=O) groups is 1. The lowest BCUT2D eigenvalue weighted by Gasteiger charge is -2.10. The summed E-state index contributed by atoms with van der Waals surface area (Å²) >= 11 is 0. The van der Waals surface area contributed by atoms with Crippen molar-refractivity contribution in [3.63, 3.8) is 0 Å². The van der Waals surface area contributed by atoms with Gasteiger partial charge >= 0.3 is 0 Å². The molecule has 3 aromatic carbocycles. The summed E-state index contributed by atoms with van der Waals surface area (Å²) in [6, 6.07) is 21.3. The van der Waals surface area contributed by atoms with Gasteiger partial charge in [0.2, 0.25) is 0 Å². The molecule has 2 atom stereocenters. The summed E-state index contributed by atoms with van der Waals surface area (Å²) in [5.41, 5.74) is 3.75. The highest BCUT2D eigenvalue weighted by Gasteiger charge is 2.39. The number of carbonyl (C=O) groups excluding carboxylic acids is 1. The zero-order valence-electron chi connectivity index (χ0n) is 16.5. The highest BCUT2D eigenvalue weighted by molar-refractivity contribution is 5.93. The number of nitrogens with zero attached hydrogens (tertiary/aromatic N) is 2. The molecule has 4 nitrogen and oxygen atoms in total. The smallest absolute Gasteiger partial charge is 0.270 e. The standard InChI is InChI=1S/C25H19F2N3O/c26-21-11-8-18(12-22(21)27)16-6-9-19(10-7-16)30-15-28-14-24(30)25(31)29-23-13-20(23)17-4-2-1-3-5-17/h1-12,14-15,20,23H,13H2,(H,29,31)/t20-,23+/m1/s1. The molecule has 1 saturated carbocycles. The minimum Gasteiger partial charge on any atom is -0.347 e. The predicted molar refractivity (Wildman–Crippen MR) is 114 cm³/mol. The van der Waals surface area contributed by atoms with E-state index in [1.807, 2.05) is 30.3 Å². The van der Waals surface area contributed by atoms with Gasteiger partial charge in [-0.25, -0.2) is 13.8 Å². The van der Waals surface area contributed by atoms with Gasteiger partial charge in [0.15, 0.2) is 11.6 Å². The lowest BCUT2D eigenvalue weighted by Crippen LogP contribution is -2.28. The monoisotopic (exact) mass is 415 g/mol. The second kappa shape index (κ2) is 7.80. The highest BCUT2D eigenvalue weighted by Crippen LogP contribution is 2.40. The van der Waals surface area contributed by atoms with Crippen molar-refractivity contribution in [2.75, 3.05) is 0 Å². The van der Waals surface area contributed by atoms with Gasteiger partial charge in [0, 0.05) is 17.6 Å². The van der Waals surface area contributed by atoms with Gasteiger partial charge in [-0.1, -0.05) is 48.5 Å². The first kappa shape index (κ1) is 19.2. The summed E-state index contributed by atoms with van der Waals surface area (Å²) in [5.74, 6) is -1.59. The summed E-state index contributed by atoms with van der Waals surface area (Å²) in [7, 11) is 0. The molecule has 4 aromatic rings. The maximum atomic E-state index is 13.5. The van der Waals surface area contributed by atoms with E-state index in [4.69, 9.17) is 0 Å². The average Bonchev–Trinajstić information content (AvgIpc) is 3.38. The van der Waals surface area contributed by atoms with Crippen molar-refractivity contribution in [2.24, 2.45) is 0 Å². The number of imidazole rings is 1. The van der Waals surface area contributed by atoms with Gasteiger partial charge in [-0.05, 0) is 47.4 Å². The maximum absolute atomic E-state index is 13.5. The van der Waals surface area contributed by atoms with Crippen LogP contribution < -0.4 is 5.32 Å². The van der Waals surface area contributed by atoms with Crippen LogP contribution >= 0.6 is 0 Å². The quantitative estimate of drug-likeness (QED) is 0.493. The molecule has 1 heterocycles. The van der Waals surface area contributed by atoms with E-state index in [0.29, 0.717) is 17.2 Å². The van der Waals surface area contributed by atoms with Crippen molar-refractivity contribution < 1.29 is 13.6 Å². The summed E-state index contributed by atoms with van der Waals surface area (Å²) in [6.45, 7) is 0. The Hall–Kier alpha value is -3.80. The van der Waals surface area contributed by atoms with Crippen LogP contribution in [0.2, 0.25) is 0 Å².